The second kappa shape index (κ2) is 4.92. The van der Waals surface area contributed by atoms with Gasteiger partial charge in [0.25, 0.3) is 5.91 Å². The highest BCUT2D eigenvalue weighted by atomic mass is 16.1. The molecule has 0 bridgehead atoms. The van der Waals surface area contributed by atoms with Gasteiger partial charge >= 0.3 is 0 Å². The first-order valence-corrected chi connectivity index (χ1v) is 7.54. The van der Waals surface area contributed by atoms with Crippen molar-refractivity contribution in [2.24, 2.45) is 0 Å². The van der Waals surface area contributed by atoms with Gasteiger partial charge in [0.1, 0.15) is 0 Å². The van der Waals surface area contributed by atoms with Crippen LogP contribution in [0.2, 0.25) is 0 Å². The van der Waals surface area contributed by atoms with E-state index in [1.165, 1.54) is 22.4 Å². The monoisotopic (exact) mass is 278 g/mol. The molecule has 4 rings (SSSR count). The number of nitrogens with one attached hydrogen (secondary N) is 2. The molecular formula is C18H18N2O. The van der Waals surface area contributed by atoms with Crippen LogP contribution in [0.4, 0.5) is 5.69 Å². The Morgan fingerprint density at radius 2 is 1.81 bits per heavy atom. The standard InChI is InChI=1S/C18H18N2O/c21-18(15-5-6-17-14(9-15)7-8-19-17)20-16-10-12-3-1-2-4-13(12)11-16/h1-6,9,16,19H,7-8,10-11H2,(H,20,21). The highest BCUT2D eigenvalue weighted by Crippen LogP contribution is 2.24. The molecule has 2 aromatic rings. The Bertz CT molecular complexity index is 683. The molecule has 21 heavy (non-hydrogen) atoms. The van der Waals surface area contributed by atoms with Gasteiger partial charge in [-0.15, -0.1) is 0 Å². The maximum Gasteiger partial charge on any atom is 0.251 e. The lowest BCUT2D eigenvalue weighted by molar-refractivity contribution is 0.0938. The summed E-state index contributed by atoms with van der Waals surface area (Å²) in [6.07, 6.45) is 2.88. The molecule has 0 unspecified atom stereocenters. The van der Waals surface area contributed by atoms with E-state index in [-0.39, 0.29) is 11.9 Å². The van der Waals surface area contributed by atoms with E-state index in [9.17, 15) is 4.79 Å². The molecule has 0 saturated carbocycles. The summed E-state index contributed by atoms with van der Waals surface area (Å²) in [7, 11) is 0. The second-order valence-electron chi connectivity index (χ2n) is 5.90. The summed E-state index contributed by atoms with van der Waals surface area (Å²) in [6, 6.07) is 14.6. The molecule has 1 aliphatic heterocycles. The van der Waals surface area contributed by atoms with Gasteiger partial charge in [-0.25, -0.2) is 0 Å². The molecular weight excluding hydrogens is 260 g/mol. The molecule has 2 aliphatic rings. The number of fused-ring (bicyclic) bond motifs is 2. The minimum Gasteiger partial charge on any atom is -0.384 e. The Hall–Kier alpha value is -2.29. The smallest absolute Gasteiger partial charge is 0.251 e. The molecule has 2 aromatic carbocycles. The fraction of sp³-hybridized carbons (Fsp3) is 0.278. The lowest BCUT2D eigenvalue weighted by Gasteiger charge is -2.12. The third kappa shape index (κ3) is 2.29. The number of carbonyl (C=O) groups excluding carboxylic acids is 1. The Morgan fingerprint density at radius 1 is 1.05 bits per heavy atom. The molecule has 1 amide bonds. The lowest BCUT2D eigenvalue weighted by atomic mass is 10.1. The van der Waals surface area contributed by atoms with Gasteiger partial charge in [0.2, 0.25) is 0 Å². The number of hydrogen-bond donors (Lipinski definition) is 2. The van der Waals surface area contributed by atoms with Crippen LogP contribution in [0.25, 0.3) is 0 Å². The predicted octanol–water partition coefficient (Wildman–Crippen LogP) is 2.55. The maximum absolute atomic E-state index is 12.4. The van der Waals surface area contributed by atoms with Crippen molar-refractivity contribution < 1.29 is 4.79 Å². The van der Waals surface area contributed by atoms with Crippen LogP contribution in [0.3, 0.4) is 0 Å². The van der Waals surface area contributed by atoms with Gasteiger partial charge in [-0.1, -0.05) is 24.3 Å². The van der Waals surface area contributed by atoms with Crippen molar-refractivity contribution in [3.8, 4) is 0 Å². The van der Waals surface area contributed by atoms with Crippen LogP contribution in [0, 0.1) is 0 Å². The van der Waals surface area contributed by atoms with Gasteiger partial charge < -0.3 is 10.6 Å². The van der Waals surface area contributed by atoms with Crippen LogP contribution < -0.4 is 10.6 Å². The molecule has 3 heteroatoms. The third-order valence-electron chi connectivity index (χ3n) is 4.46. The molecule has 2 N–H and O–H groups in total. The Morgan fingerprint density at radius 3 is 2.57 bits per heavy atom. The maximum atomic E-state index is 12.4. The minimum atomic E-state index is 0.0440. The quantitative estimate of drug-likeness (QED) is 0.886. The van der Waals surface area contributed by atoms with Gasteiger partial charge in [-0.05, 0) is 54.2 Å². The zero-order valence-corrected chi connectivity index (χ0v) is 11.9. The van der Waals surface area contributed by atoms with E-state index in [2.05, 4.69) is 34.9 Å². The van der Waals surface area contributed by atoms with Crippen LogP contribution in [0.1, 0.15) is 27.0 Å². The summed E-state index contributed by atoms with van der Waals surface area (Å²) < 4.78 is 0. The lowest BCUT2D eigenvalue weighted by Crippen LogP contribution is -2.35. The van der Waals surface area contributed by atoms with E-state index in [0.717, 1.165) is 31.4 Å². The van der Waals surface area contributed by atoms with Gasteiger partial charge in [-0.2, -0.15) is 0 Å². The second-order valence-corrected chi connectivity index (χ2v) is 5.90. The number of carbonyl (C=O) groups is 1. The number of anilines is 1. The number of amides is 1. The van der Waals surface area contributed by atoms with Crippen LogP contribution in [0.5, 0.6) is 0 Å². The van der Waals surface area contributed by atoms with Gasteiger partial charge in [0, 0.05) is 23.8 Å². The first-order chi connectivity index (χ1) is 10.3. The van der Waals surface area contributed by atoms with Crippen molar-refractivity contribution in [2.45, 2.75) is 25.3 Å². The Balaban J connectivity index is 1.47. The fourth-order valence-corrected chi connectivity index (χ4v) is 3.38. The molecule has 3 nitrogen and oxygen atoms in total. The molecule has 106 valence electrons. The van der Waals surface area contributed by atoms with Crippen LogP contribution in [-0.2, 0) is 19.3 Å². The zero-order chi connectivity index (χ0) is 14.2. The Kier molecular flexibility index (Phi) is 2.92. The van der Waals surface area contributed by atoms with E-state index in [1.54, 1.807) is 0 Å². The van der Waals surface area contributed by atoms with Crippen molar-refractivity contribution in [3.63, 3.8) is 0 Å². The van der Waals surface area contributed by atoms with Crippen molar-refractivity contribution in [2.75, 3.05) is 11.9 Å². The first-order valence-electron chi connectivity index (χ1n) is 7.54. The van der Waals surface area contributed by atoms with Gasteiger partial charge in [0.05, 0.1) is 0 Å². The average Bonchev–Trinajstić information content (AvgIpc) is 3.11. The highest BCUT2D eigenvalue weighted by molar-refractivity contribution is 5.95. The molecule has 0 spiro atoms. The van der Waals surface area contributed by atoms with Crippen LogP contribution in [0.15, 0.2) is 42.5 Å². The van der Waals surface area contributed by atoms with E-state index >= 15 is 0 Å². The average molecular weight is 278 g/mol. The SMILES string of the molecule is O=C(NC1Cc2ccccc2C1)c1ccc2c(c1)CCN2. The molecule has 0 fully saturated rings. The summed E-state index contributed by atoms with van der Waals surface area (Å²) in [4.78, 5) is 12.4. The van der Waals surface area contributed by atoms with Crippen LogP contribution in [-0.4, -0.2) is 18.5 Å². The Labute approximate surface area is 124 Å². The largest absolute Gasteiger partial charge is 0.384 e. The normalized spacial score (nSPS) is 16.2. The summed E-state index contributed by atoms with van der Waals surface area (Å²) in [6.45, 7) is 0.971. The molecule has 0 atom stereocenters. The van der Waals surface area contributed by atoms with Gasteiger partial charge in [0.15, 0.2) is 0 Å². The number of hydrogen-bond acceptors (Lipinski definition) is 2. The number of benzene rings is 2. The molecule has 1 aliphatic carbocycles. The van der Waals surface area contributed by atoms with E-state index in [0.29, 0.717) is 0 Å². The van der Waals surface area contributed by atoms with E-state index in [1.807, 2.05) is 18.2 Å². The molecule has 1 heterocycles. The van der Waals surface area contributed by atoms with Gasteiger partial charge in [-0.3, -0.25) is 4.79 Å². The highest BCUT2D eigenvalue weighted by Gasteiger charge is 2.23. The van der Waals surface area contributed by atoms with E-state index in [4.69, 9.17) is 0 Å². The van der Waals surface area contributed by atoms with Crippen LogP contribution >= 0.6 is 0 Å². The predicted molar refractivity (Wildman–Crippen MR) is 83.7 cm³/mol. The van der Waals surface area contributed by atoms with E-state index < -0.39 is 0 Å². The van der Waals surface area contributed by atoms with Crippen molar-refractivity contribution in [1.82, 2.24) is 5.32 Å². The van der Waals surface area contributed by atoms with Crippen molar-refractivity contribution in [1.29, 1.82) is 0 Å². The summed E-state index contributed by atoms with van der Waals surface area (Å²) in [5.41, 5.74) is 5.91. The molecule has 0 aromatic heterocycles. The fourth-order valence-electron chi connectivity index (χ4n) is 3.38. The van der Waals surface area contributed by atoms with Crippen molar-refractivity contribution in [3.05, 3.63) is 64.7 Å². The topological polar surface area (TPSA) is 41.1 Å². The first kappa shape index (κ1) is 12.5. The summed E-state index contributed by atoms with van der Waals surface area (Å²) in [5, 5.41) is 6.49. The zero-order valence-electron chi connectivity index (χ0n) is 11.9. The number of rotatable bonds is 2. The summed E-state index contributed by atoms with van der Waals surface area (Å²) >= 11 is 0. The third-order valence-corrected chi connectivity index (χ3v) is 4.46. The summed E-state index contributed by atoms with van der Waals surface area (Å²) in [5.74, 6) is 0.0440. The molecule has 0 radical (unpaired) electrons. The van der Waals surface area contributed by atoms with Crippen molar-refractivity contribution >= 4 is 11.6 Å². The minimum absolute atomic E-state index is 0.0440. The molecule has 0 saturated heterocycles.